The van der Waals surface area contributed by atoms with Crippen molar-refractivity contribution in [3.63, 3.8) is 0 Å². The fraction of sp³-hybridized carbons (Fsp3) is 0.667. The topological polar surface area (TPSA) is 105 Å². The summed E-state index contributed by atoms with van der Waals surface area (Å²) in [5, 5.41) is 11.0. The molecule has 1 amide bonds. The Labute approximate surface area is 178 Å². The smallest absolute Gasteiger partial charge is 0.409 e. The molecular formula is C21H32N2O6S. The second-order valence-corrected chi connectivity index (χ2v) is 10.1. The van der Waals surface area contributed by atoms with Gasteiger partial charge in [-0.2, -0.15) is 0 Å². The molecule has 0 spiro atoms. The third-order valence-electron chi connectivity index (χ3n) is 6.13. The number of hydrogen-bond donors (Lipinski definition) is 2. The first-order valence-corrected chi connectivity index (χ1v) is 12.3. The quantitative estimate of drug-likeness (QED) is 0.701. The van der Waals surface area contributed by atoms with Gasteiger partial charge in [-0.15, -0.1) is 0 Å². The van der Waals surface area contributed by atoms with Crippen LogP contribution in [0.5, 0.6) is 0 Å². The molecular weight excluding hydrogens is 408 g/mol. The van der Waals surface area contributed by atoms with Crippen molar-refractivity contribution < 1.29 is 27.8 Å². The fourth-order valence-electron chi connectivity index (χ4n) is 4.53. The lowest BCUT2D eigenvalue weighted by atomic mass is 9.78. The number of carbonyl (C=O) groups is 1. The van der Waals surface area contributed by atoms with Crippen LogP contribution in [0.4, 0.5) is 4.79 Å². The Hall–Kier alpha value is -1.68. The van der Waals surface area contributed by atoms with Crippen LogP contribution in [0.25, 0.3) is 0 Å². The first-order valence-electron chi connectivity index (χ1n) is 10.4. The van der Waals surface area contributed by atoms with E-state index in [1.54, 1.807) is 4.90 Å². The van der Waals surface area contributed by atoms with Crippen LogP contribution in [0.1, 0.15) is 44.1 Å². The molecule has 9 heteroatoms. The van der Waals surface area contributed by atoms with Gasteiger partial charge in [0, 0.05) is 12.6 Å². The Morgan fingerprint density at radius 3 is 2.50 bits per heavy atom. The summed E-state index contributed by atoms with van der Waals surface area (Å²) in [7, 11) is -2.10. The molecule has 2 atom stereocenters. The summed E-state index contributed by atoms with van der Waals surface area (Å²) in [5.74, 6) is 0. The molecule has 1 saturated heterocycles. The SMILES string of the molecule is COC(=O)N1CCC[C@H](NS(C)(=O)=O)[C@@H]1COC1CCC(O)(c2ccccc2)CC1. The second-order valence-electron chi connectivity index (χ2n) is 8.30. The van der Waals surface area contributed by atoms with Crippen molar-refractivity contribution in [2.45, 2.75) is 62.3 Å². The molecule has 0 unspecified atom stereocenters. The average Bonchev–Trinajstić information content (AvgIpc) is 2.73. The first-order chi connectivity index (χ1) is 14.2. The van der Waals surface area contributed by atoms with E-state index in [4.69, 9.17) is 9.47 Å². The number of hydrogen-bond acceptors (Lipinski definition) is 6. The minimum absolute atomic E-state index is 0.0469. The van der Waals surface area contributed by atoms with Crippen LogP contribution in [0.3, 0.4) is 0 Å². The molecule has 0 aromatic heterocycles. The average molecular weight is 441 g/mol. The number of carbonyl (C=O) groups excluding carboxylic acids is 1. The van der Waals surface area contributed by atoms with Gasteiger partial charge < -0.3 is 19.5 Å². The largest absolute Gasteiger partial charge is 0.453 e. The van der Waals surface area contributed by atoms with Crippen LogP contribution in [-0.2, 0) is 25.1 Å². The lowest BCUT2D eigenvalue weighted by Gasteiger charge is -2.41. The van der Waals surface area contributed by atoms with E-state index in [0.29, 0.717) is 45.1 Å². The van der Waals surface area contributed by atoms with Crippen LogP contribution in [0.15, 0.2) is 30.3 Å². The number of methoxy groups -OCH3 is 1. The molecule has 0 bridgehead atoms. The zero-order valence-electron chi connectivity index (χ0n) is 17.6. The van der Waals surface area contributed by atoms with Gasteiger partial charge in [0.05, 0.1) is 37.7 Å². The van der Waals surface area contributed by atoms with E-state index in [9.17, 15) is 18.3 Å². The van der Waals surface area contributed by atoms with Crippen molar-refractivity contribution in [1.82, 2.24) is 9.62 Å². The number of benzene rings is 1. The number of aliphatic hydroxyl groups is 1. The molecule has 2 fully saturated rings. The number of nitrogens with zero attached hydrogens (tertiary/aromatic N) is 1. The molecule has 168 valence electrons. The lowest BCUT2D eigenvalue weighted by Crippen LogP contribution is -2.59. The number of piperidine rings is 1. The molecule has 1 aromatic carbocycles. The highest BCUT2D eigenvalue weighted by Gasteiger charge is 2.39. The highest BCUT2D eigenvalue weighted by molar-refractivity contribution is 7.88. The van der Waals surface area contributed by atoms with Gasteiger partial charge in [0.25, 0.3) is 0 Å². The monoisotopic (exact) mass is 440 g/mol. The maximum Gasteiger partial charge on any atom is 0.409 e. The van der Waals surface area contributed by atoms with Crippen LogP contribution < -0.4 is 4.72 Å². The lowest BCUT2D eigenvalue weighted by molar-refractivity contribution is -0.0732. The highest BCUT2D eigenvalue weighted by atomic mass is 32.2. The molecule has 2 aliphatic rings. The third-order valence-corrected chi connectivity index (χ3v) is 6.86. The van der Waals surface area contributed by atoms with Crippen LogP contribution >= 0.6 is 0 Å². The summed E-state index contributed by atoms with van der Waals surface area (Å²) >= 11 is 0. The zero-order valence-corrected chi connectivity index (χ0v) is 18.4. The van der Waals surface area contributed by atoms with E-state index < -0.39 is 33.8 Å². The summed E-state index contributed by atoms with van der Waals surface area (Å²) in [5.41, 5.74) is 0.0784. The van der Waals surface area contributed by atoms with Crippen LogP contribution in [0, 0.1) is 0 Å². The number of likely N-dealkylation sites (tertiary alicyclic amines) is 1. The Morgan fingerprint density at radius 2 is 1.90 bits per heavy atom. The van der Waals surface area contributed by atoms with Gasteiger partial charge in [-0.25, -0.2) is 17.9 Å². The molecule has 1 aromatic rings. The molecule has 1 heterocycles. The van der Waals surface area contributed by atoms with Gasteiger partial charge >= 0.3 is 6.09 Å². The van der Waals surface area contributed by atoms with Crippen molar-refractivity contribution in [3.05, 3.63) is 35.9 Å². The van der Waals surface area contributed by atoms with E-state index in [1.807, 2.05) is 30.3 Å². The van der Waals surface area contributed by atoms with Crippen molar-refractivity contribution >= 4 is 16.1 Å². The Morgan fingerprint density at radius 1 is 1.23 bits per heavy atom. The predicted octanol–water partition coefficient (Wildman–Crippen LogP) is 1.98. The summed E-state index contributed by atoms with van der Waals surface area (Å²) in [6.45, 7) is 0.720. The maximum atomic E-state index is 12.2. The minimum atomic E-state index is -3.42. The Balaban J connectivity index is 1.62. The number of amides is 1. The van der Waals surface area contributed by atoms with Crippen molar-refractivity contribution in [2.75, 3.05) is 26.5 Å². The van der Waals surface area contributed by atoms with Gasteiger partial charge in [0.1, 0.15) is 0 Å². The summed E-state index contributed by atoms with van der Waals surface area (Å²) in [6.07, 6.45) is 4.49. The van der Waals surface area contributed by atoms with Crippen molar-refractivity contribution in [2.24, 2.45) is 0 Å². The number of rotatable bonds is 6. The zero-order chi connectivity index (χ0) is 21.8. The van der Waals surface area contributed by atoms with Gasteiger partial charge in [-0.05, 0) is 44.1 Å². The number of nitrogens with one attached hydrogen (secondary N) is 1. The van der Waals surface area contributed by atoms with E-state index in [-0.39, 0.29) is 12.7 Å². The van der Waals surface area contributed by atoms with Crippen LogP contribution in [0.2, 0.25) is 0 Å². The summed E-state index contributed by atoms with van der Waals surface area (Å²) < 4.78 is 37.2. The molecule has 1 aliphatic carbocycles. The van der Waals surface area contributed by atoms with Crippen molar-refractivity contribution in [1.29, 1.82) is 0 Å². The minimum Gasteiger partial charge on any atom is -0.453 e. The normalized spacial score (nSPS) is 30.1. The molecule has 1 saturated carbocycles. The highest BCUT2D eigenvalue weighted by Crippen LogP contribution is 2.38. The molecule has 30 heavy (non-hydrogen) atoms. The standard InChI is InChI=1S/C21H32N2O6S/c1-28-20(24)23-14-6-9-18(22-30(2,26)27)19(23)15-29-17-10-12-21(25,13-11-17)16-7-4-3-5-8-16/h3-5,7-8,17-19,22,25H,6,9-15H2,1-2H3/t17?,18-,19-,21?/m0/s1. The Kier molecular flexibility index (Phi) is 7.38. The van der Waals surface area contributed by atoms with Gasteiger partial charge in [-0.1, -0.05) is 30.3 Å². The van der Waals surface area contributed by atoms with Crippen LogP contribution in [-0.4, -0.2) is 69.2 Å². The van der Waals surface area contributed by atoms with Gasteiger partial charge in [0.15, 0.2) is 0 Å². The van der Waals surface area contributed by atoms with Gasteiger partial charge in [0.2, 0.25) is 10.0 Å². The second kappa shape index (κ2) is 9.64. The predicted molar refractivity (Wildman–Crippen MR) is 112 cm³/mol. The van der Waals surface area contributed by atoms with Crippen molar-refractivity contribution in [3.8, 4) is 0 Å². The maximum absolute atomic E-state index is 12.2. The number of sulfonamides is 1. The van der Waals surface area contributed by atoms with E-state index in [2.05, 4.69) is 4.72 Å². The van der Waals surface area contributed by atoms with E-state index in [0.717, 1.165) is 11.8 Å². The summed E-state index contributed by atoms with van der Waals surface area (Å²) in [4.78, 5) is 13.8. The fourth-order valence-corrected chi connectivity index (χ4v) is 5.35. The Bertz CT molecular complexity index is 808. The van der Waals surface area contributed by atoms with E-state index >= 15 is 0 Å². The van der Waals surface area contributed by atoms with Gasteiger partial charge in [-0.3, -0.25) is 0 Å². The molecule has 0 radical (unpaired) electrons. The molecule has 2 N–H and O–H groups in total. The third kappa shape index (κ3) is 5.72. The molecule has 8 nitrogen and oxygen atoms in total. The number of ether oxygens (including phenoxy) is 2. The molecule has 1 aliphatic heterocycles. The summed E-state index contributed by atoms with van der Waals surface area (Å²) in [6, 6.07) is 8.82. The first kappa shape index (κ1) is 23.0. The molecule has 3 rings (SSSR count). The van der Waals surface area contributed by atoms with E-state index in [1.165, 1.54) is 7.11 Å².